The van der Waals surface area contributed by atoms with E-state index in [1.54, 1.807) is 6.92 Å². The Morgan fingerprint density at radius 1 is 1.46 bits per heavy atom. The van der Waals surface area contributed by atoms with Crippen LogP contribution in [0.4, 0.5) is 0 Å². The second-order valence-corrected chi connectivity index (χ2v) is 3.69. The Hall–Kier alpha value is -0.620. The van der Waals surface area contributed by atoms with Crippen molar-refractivity contribution in [3.63, 3.8) is 0 Å². The van der Waals surface area contributed by atoms with Crippen molar-refractivity contribution >= 4 is 16.9 Å². The predicted octanol–water partition coefficient (Wildman–Crippen LogP) is -0.212. The van der Waals surface area contributed by atoms with Crippen molar-refractivity contribution in [3.05, 3.63) is 0 Å². The summed E-state index contributed by atoms with van der Waals surface area (Å²) in [4.78, 5) is 10.8. The van der Waals surface area contributed by atoms with Crippen molar-refractivity contribution < 1.29 is 17.9 Å². The van der Waals surface area contributed by atoms with E-state index in [0.29, 0.717) is 19.6 Å². The molecule has 0 aromatic heterocycles. The number of hydrogen-bond donors (Lipinski definition) is 1. The summed E-state index contributed by atoms with van der Waals surface area (Å²) in [5, 5.41) is 0. The van der Waals surface area contributed by atoms with Crippen molar-refractivity contribution in [2.75, 3.05) is 20.2 Å². The maximum Gasteiger partial charge on any atom is 0.305 e. The molecule has 0 amide bonds. The van der Waals surface area contributed by atoms with E-state index in [1.807, 2.05) is 0 Å². The van der Waals surface area contributed by atoms with Crippen LogP contribution in [0.3, 0.4) is 0 Å². The fraction of sp³-hybridized carbons (Fsp3) is 0.857. The summed E-state index contributed by atoms with van der Waals surface area (Å²) in [6.45, 7) is 2.46. The lowest BCUT2D eigenvalue weighted by Crippen LogP contribution is -2.18. The zero-order valence-corrected chi connectivity index (χ0v) is 8.75. The van der Waals surface area contributed by atoms with Crippen LogP contribution in [-0.4, -0.2) is 38.9 Å². The Bertz CT molecular complexity index is 219. The van der Waals surface area contributed by atoms with E-state index in [4.69, 9.17) is 0 Å². The fourth-order valence-corrected chi connectivity index (χ4v) is 1.07. The van der Waals surface area contributed by atoms with Gasteiger partial charge in [0.25, 0.3) is 0 Å². The number of thiol groups is 1. The lowest BCUT2D eigenvalue weighted by Gasteiger charge is -2.07. The smallest absolute Gasteiger partial charge is 0.305 e. The van der Waals surface area contributed by atoms with Gasteiger partial charge in [0.15, 0.2) is 0 Å². The largest absolute Gasteiger partial charge is 0.466 e. The third kappa shape index (κ3) is 6.53. The molecule has 0 atom stereocenters. The van der Waals surface area contributed by atoms with Crippen LogP contribution in [-0.2, 0) is 20.4 Å². The molecule has 6 heteroatoms. The number of ether oxygens (including phenoxy) is 1. The standard InChI is InChI=1S/C7H15NO4S/c1-3-12-7(9)5-4-6-8(2)13(10)11/h13H,3-6H2,1-2H3. The normalized spacial score (nSPS) is 10.8. The maximum absolute atomic E-state index is 10.8. The van der Waals surface area contributed by atoms with E-state index >= 15 is 0 Å². The monoisotopic (exact) mass is 209 g/mol. The molecule has 0 heterocycles. The molecular formula is C7H15NO4S. The summed E-state index contributed by atoms with van der Waals surface area (Å²) in [5.74, 6) is -0.281. The third-order valence-corrected chi connectivity index (χ3v) is 2.20. The van der Waals surface area contributed by atoms with E-state index in [9.17, 15) is 13.2 Å². The number of rotatable bonds is 6. The van der Waals surface area contributed by atoms with Crippen molar-refractivity contribution in [3.8, 4) is 0 Å². The number of carbonyl (C=O) groups is 1. The summed E-state index contributed by atoms with van der Waals surface area (Å²) in [7, 11) is -1.05. The lowest BCUT2D eigenvalue weighted by molar-refractivity contribution is -0.143. The van der Waals surface area contributed by atoms with Gasteiger partial charge in [0.1, 0.15) is 0 Å². The Kier molecular flexibility index (Phi) is 6.52. The quantitative estimate of drug-likeness (QED) is 0.485. The van der Waals surface area contributed by atoms with Crippen LogP contribution in [0.2, 0.25) is 0 Å². The average Bonchev–Trinajstić information content (AvgIpc) is 2.04. The molecule has 0 radical (unpaired) electrons. The van der Waals surface area contributed by atoms with Gasteiger partial charge in [-0.3, -0.25) is 4.79 Å². The third-order valence-electron chi connectivity index (χ3n) is 1.45. The minimum atomic E-state index is -2.52. The fourth-order valence-electron chi connectivity index (χ4n) is 0.767. The molecule has 0 aliphatic carbocycles. The maximum atomic E-state index is 10.8. The molecule has 0 aromatic rings. The number of carbonyl (C=O) groups excluding carboxylic acids is 1. The Labute approximate surface area is 79.8 Å². The topological polar surface area (TPSA) is 63.7 Å². The molecule has 0 unspecified atom stereocenters. The SMILES string of the molecule is CCOC(=O)CCCN(C)[SH](=O)=O. The zero-order chi connectivity index (χ0) is 10.3. The van der Waals surface area contributed by atoms with Gasteiger partial charge < -0.3 is 4.74 Å². The number of hydrogen-bond acceptors (Lipinski definition) is 4. The first kappa shape index (κ1) is 12.4. The van der Waals surface area contributed by atoms with Gasteiger partial charge >= 0.3 is 5.97 Å². The predicted molar refractivity (Wildman–Crippen MR) is 48.8 cm³/mol. The second kappa shape index (κ2) is 6.85. The molecule has 0 saturated carbocycles. The van der Waals surface area contributed by atoms with Crippen LogP contribution in [0.25, 0.3) is 0 Å². The number of nitrogens with zero attached hydrogens (tertiary/aromatic N) is 1. The van der Waals surface area contributed by atoms with Crippen molar-refractivity contribution in [2.24, 2.45) is 0 Å². The molecule has 0 saturated heterocycles. The zero-order valence-electron chi connectivity index (χ0n) is 7.86. The highest BCUT2D eigenvalue weighted by Gasteiger charge is 2.03. The van der Waals surface area contributed by atoms with Crippen LogP contribution in [0.15, 0.2) is 0 Å². The molecule has 0 fully saturated rings. The lowest BCUT2D eigenvalue weighted by atomic mass is 10.3. The Morgan fingerprint density at radius 3 is 2.54 bits per heavy atom. The average molecular weight is 209 g/mol. The highest BCUT2D eigenvalue weighted by molar-refractivity contribution is 7.69. The second-order valence-electron chi connectivity index (χ2n) is 2.53. The van der Waals surface area contributed by atoms with E-state index in [0.717, 1.165) is 0 Å². The highest BCUT2D eigenvalue weighted by Crippen LogP contribution is 1.95. The molecule has 0 aliphatic rings. The van der Waals surface area contributed by atoms with E-state index < -0.39 is 10.9 Å². The first-order valence-electron chi connectivity index (χ1n) is 4.09. The Morgan fingerprint density at radius 2 is 2.08 bits per heavy atom. The molecule has 0 bridgehead atoms. The first-order valence-corrected chi connectivity index (χ1v) is 5.22. The van der Waals surface area contributed by atoms with E-state index in [2.05, 4.69) is 4.74 Å². The van der Waals surface area contributed by atoms with E-state index in [1.165, 1.54) is 11.4 Å². The molecule has 0 aliphatic heterocycles. The first-order chi connectivity index (χ1) is 6.07. The van der Waals surface area contributed by atoms with Gasteiger partial charge in [-0.25, -0.2) is 12.7 Å². The van der Waals surface area contributed by atoms with Crippen LogP contribution in [0, 0.1) is 0 Å². The molecule has 13 heavy (non-hydrogen) atoms. The van der Waals surface area contributed by atoms with Gasteiger partial charge in [-0.15, -0.1) is 0 Å². The van der Waals surface area contributed by atoms with Gasteiger partial charge in [0, 0.05) is 20.0 Å². The van der Waals surface area contributed by atoms with Crippen molar-refractivity contribution in [1.82, 2.24) is 4.31 Å². The summed E-state index contributed by atoms with van der Waals surface area (Å²) in [5.41, 5.74) is 0. The van der Waals surface area contributed by atoms with Gasteiger partial charge in [-0.05, 0) is 13.3 Å². The summed E-state index contributed by atoms with van der Waals surface area (Å²) in [6, 6.07) is 0. The molecule has 78 valence electrons. The van der Waals surface area contributed by atoms with Crippen molar-refractivity contribution in [2.45, 2.75) is 19.8 Å². The van der Waals surface area contributed by atoms with Crippen LogP contribution in [0.5, 0.6) is 0 Å². The highest BCUT2D eigenvalue weighted by atomic mass is 32.2. The van der Waals surface area contributed by atoms with Crippen LogP contribution >= 0.6 is 0 Å². The molecule has 0 N–H and O–H groups in total. The summed E-state index contributed by atoms with van der Waals surface area (Å²) >= 11 is 0. The molecule has 0 spiro atoms. The molecular weight excluding hydrogens is 194 g/mol. The van der Waals surface area contributed by atoms with Crippen molar-refractivity contribution in [1.29, 1.82) is 0 Å². The van der Waals surface area contributed by atoms with Gasteiger partial charge in [-0.2, -0.15) is 0 Å². The summed E-state index contributed by atoms with van der Waals surface area (Å²) in [6.07, 6.45) is 0.764. The van der Waals surface area contributed by atoms with E-state index in [-0.39, 0.29) is 12.4 Å². The minimum absolute atomic E-state index is 0.265. The summed E-state index contributed by atoms with van der Waals surface area (Å²) < 4.78 is 26.5. The van der Waals surface area contributed by atoms with Crippen LogP contribution < -0.4 is 0 Å². The minimum Gasteiger partial charge on any atom is -0.466 e. The Balaban J connectivity index is 3.50. The van der Waals surface area contributed by atoms with Gasteiger partial charge in [-0.1, -0.05) is 0 Å². The van der Waals surface area contributed by atoms with Crippen LogP contribution in [0.1, 0.15) is 19.8 Å². The molecule has 0 rings (SSSR count). The van der Waals surface area contributed by atoms with Gasteiger partial charge in [0.2, 0.25) is 10.9 Å². The van der Waals surface area contributed by atoms with Gasteiger partial charge in [0.05, 0.1) is 6.61 Å². The molecule has 0 aromatic carbocycles. The number of esters is 1. The molecule has 5 nitrogen and oxygen atoms in total.